The van der Waals surface area contributed by atoms with E-state index in [1.54, 1.807) is 0 Å². The van der Waals surface area contributed by atoms with Crippen LogP contribution in [0.5, 0.6) is 0 Å². The molecule has 0 radical (unpaired) electrons. The van der Waals surface area contributed by atoms with E-state index < -0.39 is 23.1 Å². The average molecular weight is 272 g/mol. The maximum absolute atomic E-state index is 12.5. The average Bonchev–Trinajstić information content (AvgIpc) is 2.77. The largest absolute Gasteiger partial charge is 0.481 e. The second-order valence-corrected chi connectivity index (χ2v) is 5.13. The third-order valence-corrected chi connectivity index (χ3v) is 3.87. The summed E-state index contributed by atoms with van der Waals surface area (Å²) in [6.07, 6.45) is -1.07. The van der Waals surface area contributed by atoms with Gasteiger partial charge in [-0.2, -0.15) is 13.2 Å². The van der Waals surface area contributed by atoms with Crippen LogP contribution < -0.4 is 0 Å². The van der Waals surface area contributed by atoms with Gasteiger partial charge < -0.3 is 5.11 Å². The Bertz CT molecular complexity index is 457. The highest BCUT2D eigenvalue weighted by Gasteiger charge is 2.38. The van der Waals surface area contributed by atoms with Crippen LogP contribution >= 0.6 is 0 Å². The van der Waals surface area contributed by atoms with Gasteiger partial charge in [-0.05, 0) is 30.5 Å². The van der Waals surface area contributed by atoms with Gasteiger partial charge in [0.15, 0.2) is 0 Å². The topological polar surface area (TPSA) is 37.3 Å². The van der Waals surface area contributed by atoms with Crippen LogP contribution in [0.15, 0.2) is 24.3 Å². The standard InChI is InChI=1S/C14H15F3O2/c15-14(16,17)11-5-3-10(4-6-11)13(9-12(18)19)7-1-2-8-13/h3-6H,1-2,7-9H2,(H,18,19). The van der Waals surface area contributed by atoms with E-state index in [0.29, 0.717) is 5.56 Å². The molecule has 0 atom stereocenters. The van der Waals surface area contributed by atoms with Crippen molar-refractivity contribution in [3.05, 3.63) is 35.4 Å². The molecule has 0 heterocycles. The van der Waals surface area contributed by atoms with Gasteiger partial charge in [-0.15, -0.1) is 0 Å². The number of rotatable bonds is 3. The molecule has 19 heavy (non-hydrogen) atoms. The molecular weight excluding hydrogens is 257 g/mol. The normalized spacial score (nSPS) is 18.5. The van der Waals surface area contributed by atoms with Crippen LogP contribution in [0.3, 0.4) is 0 Å². The van der Waals surface area contributed by atoms with E-state index >= 15 is 0 Å². The smallest absolute Gasteiger partial charge is 0.416 e. The fourth-order valence-corrected chi connectivity index (χ4v) is 2.92. The number of aliphatic carboxylic acids is 1. The van der Waals surface area contributed by atoms with E-state index in [1.807, 2.05) is 0 Å². The molecule has 2 nitrogen and oxygen atoms in total. The molecule has 0 aromatic heterocycles. The summed E-state index contributed by atoms with van der Waals surface area (Å²) in [7, 11) is 0. The molecule has 1 N–H and O–H groups in total. The molecular formula is C14H15F3O2. The Labute approximate surface area is 109 Å². The van der Waals surface area contributed by atoms with Gasteiger partial charge in [0.2, 0.25) is 0 Å². The number of benzene rings is 1. The van der Waals surface area contributed by atoms with E-state index in [4.69, 9.17) is 5.11 Å². The Morgan fingerprint density at radius 2 is 1.68 bits per heavy atom. The molecule has 1 aromatic rings. The summed E-state index contributed by atoms with van der Waals surface area (Å²) in [6.45, 7) is 0. The number of carboxylic acid groups (broad SMARTS) is 1. The van der Waals surface area contributed by atoms with Crippen LogP contribution in [-0.2, 0) is 16.4 Å². The van der Waals surface area contributed by atoms with Gasteiger partial charge in [0, 0.05) is 5.41 Å². The molecule has 1 aliphatic carbocycles. The minimum absolute atomic E-state index is 0.0155. The Kier molecular flexibility index (Phi) is 3.56. The fraction of sp³-hybridized carbons (Fsp3) is 0.500. The molecule has 1 aliphatic rings. The molecule has 0 unspecified atom stereocenters. The highest BCUT2D eigenvalue weighted by Crippen LogP contribution is 2.44. The maximum atomic E-state index is 12.5. The lowest BCUT2D eigenvalue weighted by Gasteiger charge is -2.28. The molecule has 0 amide bonds. The van der Waals surface area contributed by atoms with Gasteiger partial charge in [-0.3, -0.25) is 4.79 Å². The Morgan fingerprint density at radius 1 is 1.16 bits per heavy atom. The Morgan fingerprint density at radius 3 is 2.11 bits per heavy atom. The summed E-state index contributed by atoms with van der Waals surface area (Å²) in [5, 5.41) is 9.00. The molecule has 104 valence electrons. The Balaban J connectivity index is 2.31. The maximum Gasteiger partial charge on any atom is 0.416 e. The van der Waals surface area contributed by atoms with Gasteiger partial charge in [0.1, 0.15) is 0 Å². The van der Waals surface area contributed by atoms with Gasteiger partial charge >= 0.3 is 12.1 Å². The van der Waals surface area contributed by atoms with Crippen LogP contribution in [0, 0.1) is 0 Å². The quantitative estimate of drug-likeness (QED) is 0.903. The molecule has 0 spiro atoms. The van der Waals surface area contributed by atoms with Crippen LogP contribution in [0.1, 0.15) is 43.2 Å². The lowest BCUT2D eigenvalue weighted by Crippen LogP contribution is -2.26. The molecule has 1 aromatic carbocycles. The zero-order chi connectivity index (χ0) is 14.1. The lowest BCUT2D eigenvalue weighted by atomic mass is 9.76. The first-order chi connectivity index (χ1) is 8.83. The highest BCUT2D eigenvalue weighted by molar-refractivity contribution is 5.69. The first-order valence-corrected chi connectivity index (χ1v) is 6.23. The van der Waals surface area contributed by atoms with Gasteiger partial charge in [-0.1, -0.05) is 25.0 Å². The lowest BCUT2D eigenvalue weighted by molar-refractivity contribution is -0.139. The van der Waals surface area contributed by atoms with E-state index in [-0.39, 0.29) is 6.42 Å². The van der Waals surface area contributed by atoms with E-state index in [9.17, 15) is 18.0 Å². The summed E-state index contributed by atoms with van der Waals surface area (Å²) >= 11 is 0. The summed E-state index contributed by atoms with van der Waals surface area (Å²) in [5.41, 5.74) is -0.476. The second-order valence-electron chi connectivity index (χ2n) is 5.13. The van der Waals surface area contributed by atoms with E-state index in [2.05, 4.69) is 0 Å². The summed E-state index contributed by atoms with van der Waals surface area (Å²) in [5.74, 6) is -0.901. The number of carbonyl (C=O) groups is 1. The molecule has 5 heteroatoms. The fourth-order valence-electron chi connectivity index (χ4n) is 2.92. The van der Waals surface area contributed by atoms with E-state index in [0.717, 1.165) is 37.8 Å². The second kappa shape index (κ2) is 4.87. The summed E-state index contributed by atoms with van der Waals surface area (Å²) in [4.78, 5) is 11.0. The van der Waals surface area contributed by atoms with Crippen molar-refractivity contribution in [1.82, 2.24) is 0 Å². The Hall–Kier alpha value is -1.52. The number of carboxylic acids is 1. The number of hydrogen-bond donors (Lipinski definition) is 1. The predicted molar refractivity (Wildman–Crippen MR) is 63.8 cm³/mol. The monoisotopic (exact) mass is 272 g/mol. The van der Waals surface area contributed by atoms with Crippen molar-refractivity contribution in [2.24, 2.45) is 0 Å². The SMILES string of the molecule is O=C(O)CC1(c2ccc(C(F)(F)F)cc2)CCCC1. The van der Waals surface area contributed by atoms with Crippen molar-refractivity contribution in [2.45, 2.75) is 43.7 Å². The van der Waals surface area contributed by atoms with Gasteiger partial charge in [0.25, 0.3) is 0 Å². The van der Waals surface area contributed by atoms with Crippen molar-refractivity contribution >= 4 is 5.97 Å². The molecule has 2 rings (SSSR count). The molecule has 1 fully saturated rings. The van der Waals surface area contributed by atoms with Crippen molar-refractivity contribution in [1.29, 1.82) is 0 Å². The van der Waals surface area contributed by atoms with Gasteiger partial charge in [-0.25, -0.2) is 0 Å². The molecule has 1 saturated carbocycles. The number of hydrogen-bond acceptors (Lipinski definition) is 1. The highest BCUT2D eigenvalue weighted by atomic mass is 19.4. The third-order valence-electron chi connectivity index (χ3n) is 3.87. The molecule has 0 bridgehead atoms. The predicted octanol–water partition coefficient (Wildman–Crippen LogP) is 3.99. The van der Waals surface area contributed by atoms with E-state index in [1.165, 1.54) is 12.1 Å². The van der Waals surface area contributed by atoms with Crippen LogP contribution in [-0.4, -0.2) is 11.1 Å². The van der Waals surface area contributed by atoms with Crippen molar-refractivity contribution < 1.29 is 23.1 Å². The van der Waals surface area contributed by atoms with Crippen LogP contribution in [0.25, 0.3) is 0 Å². The first kappa shape index (κ1) is 13.9. The number of halogens is 3. The first-order valence-electron chi connectivity index (χ1n) is 6.23. The van der Waals surface area contributed by atoms with Crippen molar-refractivity contribution in [3.63, 3.8) is 0 Å². The summed E-state index contributed by atoms with van der Waals surface area (Å²) < 4.78 is 37.5. The zero-order valence-electron chi connectivity index (χ0n) is 10.3. The minimum atomic E-state index is -4.35. The minimum Gasteiger partial charge on any atom is -0.481 e. The third kappa shape index (κ3) is 2.91. The molecule has 0 aliphatic heterocycles. The number of alkyl halides is 3. The van der Waals surface area contributed by atoms with Crippen LogP contribution in [0.4, 0.5) is 13.2 Å². The van der Waals surface area contributed by atoms with Crippen LogP contribution in [0.2, 0.25) is 0 Å². The molecule has 0 saturated heterocycles. The van der Waals surface area contributed by atoms with Crippen molar-refractivity contribution in [2.75, 3.05) is 0 Å². The van der Waals surface area contributed by atoms with Crippen molar-refractivity contribution in [3.8, 4) is 0 Å². The summed E-state index contributed by atoms with van der Waals surface area (Å²) in [6, 6.07) is 4.93. The van der Waals surface area contributed by atoms with Gasteiger partial charge in [0.05, 0.1) is 12.0 Å². The zero-order valence-corrected chi connectivity index (χ0v) is 10.3.